The second kappa shape index (κ2) is 6.69. The third-order valence-corrected chi connectivity index (χ3v) is 5.17. The molecule has 102 valence electrons. The van der Waals surface area contributed by atoms with Gasteiger partial charge in [-0.05, 0) is 52.5 Å². The molecule has 1 heterocycles. The number of nitrogens with one attached hydrogen (secondary N) is 1. The number of halogens is 1. The van der Waals surface area contributed by atoms with E-state index < -0.39 is 0 Å². The minimum Gasteiger partial charge on any atom is -0.312 e. The van der Waals surface area contributed by atoms with Crippen LogP contribution in [0.1, 0.15) is 41.8 Å². The minimum atomic E-state index is 0.390. The van der Waals surface area contributed by atoms with Gasteiger partial charge in [0, 0.05) is 20.8 Å². The molecule has 1 aromatic carbocycles. The topological polar surface area (TPSA) is 12.0 Å². The Balaban J connectivity index is 2.10. The lowest BCUT2D eigenvalue weighted by molar-refractivity contribution is 0.602. The fourth-order valence-corrected chi connectivity index (χ4v) is 3.69. The van der Waals surface area contributed by atoms with E-state index in [0.717, 1.165) is 6.42 Å². The molecule has 1 N–H and O–H groups in total. The van der Waals surface area contributed by atoms with Crippen LogP contribution in [0.15, 0.2) is 40.2 Å². The summed E-state index contributed by atoms with van der Waals surface area (Å²) in [4.78, 5) is 1.38. The summed E-state index contributed by atoms with van der Waals surface area (Å²) in [6.45, 7) is 4.46. The summed E-state index contributed by atoms with van der Waals surface area (Å²) in [6.07, 6.45) is 1.03. The predicted molar refractivity (Wildman–Crippen MR) is 88.1 cm³/mol. The quantitative estimate of drug-likeness (QED) is 0.796. The average molecular weight is 338 g/mol. The van der Waals surface area contributed by atoms with Gasteiger partial charge in [0.1, 0.15) is 0 Å². The van der Waals surface area contributed by atoms with Gasteiger partial charge in [-0.25, -0.2) is 0 Å². The molecule has 2 aromatic rings. The molecule has 0 bridgehead atoms. The van der Waals surface area contributed by atoms with Crippen LogP contribution in [0, 0.1) is 0 Å². The van der Waals surface area contributed by atoms with E-state index in [1.807, 2.05) is 7.05 Å². The predicted octanol–water partition coefficient (Wildman–Crippen LogP) is 5.14. The zero-order valence-electron chi connectivity index (χ0n) is 11.6. The van der Waals surface area contributed by atoms with Crippen LogP contribution in [-0.4, -0.2) is 7.05 Å². The Morgan fingerprint density at radius 1 is 1.21 bits per heavy atom. The summed E-state index contributed by atoms with van der Waals surface area (Å²) in [7, 11) is 2.03. The SMILES string of the molecule is CNC(Cc1ccc(C(C)C)cc1)c1cc(Br)cs1. The molecule has 0 aliphatic rings. The summed E-state index contributed by atoms with van der Waals surface area (Å²) in [5, 5.41) is 5.55. The Kier molecular flexibility index (Phi) is 5.20. The fraction of sp³-hybridized carbons (Fsp3) is 0.375. The highest BCUT2D eigenvalue weighted by Gasteiger charge is 2.12. The largest absolute Gasteiger partial charge is 0.312 e. The monoisotopic (exact) mass is 337 g/mol. The lowest BCUT2D eigenvalue weighted by atomic mass is 9.99. The zero-order chi connectivity index (χ0) is 13.8. The summed E-state index contributed by atoms with van der Waals surface area (Å²) >= 11 is 5.32. The first kappa shape index (κ1) is 14.8. The Labute approximate surface area is 128 Å². The zero-order valence-corrected chi connectivity index (χ0v) is 14.0. The highest BCUT2D eigenvalue weighted by atomic mass is 79.9. The second-order valence-corrected chi connectivity index (χ2v) is 6.97. The van der Waals surface area contributed by atoms with Gasteiger partial charge >= 0.3 is 0 Å². The highest BCUT2D eigenvalue weighted by molar-refractivity contribution is 9.10. The van der Waals surface area contributed by atoms with Crippen molar-refractivity contribution in [2.75, 3.05) is 7.05 Å². The summed E-state index contributed by atoms with van der Waals surface area (Å²) < 4.78 is 1.17. The van der Waals surface area contributed by atoms with Gasteiger partial charge in [-0.15, -0.1) is 11.3 Å². The molecule has 0 aliphatic carbocycles. The Bertz CT molecular complexity index is 516. The van der Waals surface area contributed by atoms with Crippen molar-refractivity contribution in [3.8, 4) is 0 Å². The molecular formula is C16H20BrNS. The summed E-state index contributed by atoms with van der Waals surface area (Å²) in [6, 6.07) is 11.6. The number of thiophene rings is 1. The summed E-state index contributed by atoms with van der Waals surface area (Å²) in [5.41, 5.74) is 2.79. The molecule has 19 heavy (non-hydrogen) atoms. The van der Waals surface area contributed by atoms with Crippen molar-refractivity contribution in [1.29, 1.82) is 0 Å². The van der Waals surface area contributed by atoms with Gasteiger partial charge in [0.15, 0.2) is 0 Å². The number of hydrogen-bond donors (Lipinski definition) is 1. The maximum atomic E-state index is 3.52. The van der Waals surface area contributed by atoms with Gasteiger partial charge in [0.25, 0.3) is 0 Å². The van der Waals surface area contributed by atoms with E-state index in [2.05, 4.69) is 70.8 Å². The van der Waals surface area contributed by atoms with E-state index in [-0.39, 0.29) is 0 Å². The minimum absolute atomic E-state index is 0.390. The molecule has 0 fully saturated rings. The molecule has 2 rings (SSSR count). The van der Waals surface area contributed by atoms with Crippen LogP contribution in [0.3, 0.4) is 0 Å². The van der Waals surface area contributed by atoms with E-state index in [9.17, 15) is 0 Å². The van der Waals surface area contributed by atoms with Crippen LogP contribution in [0.5, 0.6) is 0 Å². The Hall–Kier alpha value is -0.640. The van der Waals surface area contributed by atoms with E-state index in [4.69, 9.17) is 0 Å². The molecule has 0 spiro atoms. The van der Waals surface area contributed by atoms with Crippen molar-refractivity contribution in [1.82, 2.24) is 5.32 Å². The van der Waals surface area contributed by atoms with Gasteiger partial charge in [0.2, 0.25) is 0 Å². The van der Waals surface area contributed by atoms with Crippen molar-refractivity contribution >= 4 is 27.3 Å². The lowest BCUT2D eigenvalue weighted by Gasteiger charge is -2.15. The smallest absolute Gasteiger partial charge is 0.0453 e. The van der Waals surface area contributed by atoms with Gasteiger partial charge in [-0.1, -0.05) is 38.1 Å². The van der Waals surface area contributed by atoms with Crippen molar-refractivity contribution in [3.05, 3.63) is 56.2 Å². The molecule has 0 radical (unpaired) electrons. The molecule has 3 heteroatoms. The molecule has 0 amide bonds. The first-order valence-corrected chi connectivity index (χ1v) is 8.27. The van der Waals surface area contributed by atoms with Crippen molar-refractivity contribution < 1.29 is 0 Å². The van der Waals surface area contributed by atoms with Gasteiger partial charge < -0.3 is 5.32 Å². The van der Waals surface area contributed by atoms with Gasteiger partial charge in [-0.3, -0.25) is 0 Å². The highest BCUT2D eigenvalue weighted by Crippen LogP contribution is 2.28. The average Bonchev–Trinajstić information content (AvgIpc) is 2.83. The Morgan fingerprint density at radius 3 is 2.37 bits per heavy atom. The third kappa shape index (κ3) is 3.91. The van der Waals surface area contributed by atoms with Gasteiger partial charge in [0.05, 0.1) is 0 Å². The number of rotatable bonds is 5. The van der Waals surface area contributed by atoms with Crippen LogP contribution in [-0.2, 0) is 6.42 Å². The lowest BCUT2D eigenvalue weighted by Crippen LogP contribution is -2.17. The van der Waals surface area contributed by atoms with E-state index >= 15 is 0 Å². The molecule has 0 saturated heterocycles. The molecule has 0 aliphatic heterocycles. The first-order chi connectivity index (χ1) is 9.10. The number of likely N-dealkylation sites (N-methyl/N-ethyl adjacent to an activating group) is 1. The molecule has 0 saturated carbocycles. The first-order valence-electron chi connectivity index (χ1n) is 6.60. The molecular weight excluding hydrogens is 318 g/mol. The van der Waals surface area contributed by atoms with Crippen LogP contribution in [0.2, 0.25) is 0 Å². The molecule has 1 nitrogen and oxygen atoms in total. The molecule has 1 aromatic heterocycles. The standard InChI is InChI=1S/C16H20BrNS/c1-11(2)13-6-4-12(5-7-13)8-15(18-3)16-9-14(17)10-19-16/h4-7,9-11,15,18H,8H2,1-3H3. The summed E-state index contributed by atoms with van der Waals surface area (Å²) in [5.74, 6) is 0.599. The van der Waals surface area contributed by atoms with Gasteiger partial charge in [-0.2, -0.15) is 0 Å². The molecule has 1 atom stereocenters. The van der Waals surface area contributed by atoms with Crippen molar-refractivity contribution in [2.24, 2.45) is 0 Å². The van der Waals surface area contributed by atoms with Crippen LogP contribution in [0.25, 0.3) is 0 Å². The van der Waals surface area contributed by atoms with E-state index in [0.29, 0.717) is 12.0 Å². The van der Waals surface area contributed by atoms with Crippen LogP contribution < -0.4 is 5.32 Å². The number of benzene rings is 1. The van der Waals surface area contributed by atoms with Crippen molar-refractivity contribution in [2.45, 2.75) is 32.2 Å². The van der Waals surface area contributed by atoms with E-state index in [1.165, 1.54) is 20.5 Å². The number of hydrogen-bond acceptors (Lipinski definition) is 2. The second-order valence-electron chi connectivity index (χ2n) is 5.11. The maximum Gasteiger partial charge on any atom is 0.0453 e. The Morgan fingerprint density at radius 2 is 1.89 bits per heavy atom. The fourth-order valence-electron chi connectivity index (χ4n) is 2.13. The normalized spacial score (nSPS) is 12.9. The van der Waals surface area contributed by atoms with E-state index in [1.54, 1.807) is 11.3 Å². The molecule has 1 unspecified atom stereocenters. The third-order valence-electron chi connectivity index (χ3n) is 3.37. The van der Waals surface area contributed by atoms with Crippen LogP contribution in [0.4, 0.5) is 0 Å². The van der Waals surface area contributed by atoms with Crippen molar-refractivity contribution in [3.63, 3.8) is 0 Å². The maximum absolute atomic E-state index is 3.52. The van der Waals surface area contributed by atoms with Crippen LogP contribution >= 0.6 is 27.3 Å².